The van der Waals surface area contributed by atoms with Gasteiger partial charge in [-0.05, 0) is 37.2 Å². The maximum absolute atomic E-state index is 14.0. The molecule has 1 amide bonds. The molecule has 8 nitrogen and oxygen atoms in total. The van der Waals surface area contributed by atoms with Crippen LogP contribution in [0.1, 0.15) is 22.3 Å². The number of morpholine rings is 1. The Bertz CT molecular complexity index is 1210. The Balaban J connectivity index is 1.35. The van der Waals surface area contributed by atoms with E-state index in [0.717, 1.165) is 51.4 Å². The third kappa shape index (κ3) is 6.45. The minimum Gasteiger partial charge on any atom is -0.470 e. The highest BCUT2D eigenvalue weighted by molar-refractivity contribution is 6.31. The largest absolute Gasteiger partial charge is 0.470 e. The van der Waals surface area contributed by atoms with Crippen LogP contribution in [0.3, 0.4) is 0 Å². The predicted octanol–water partition coefficient (Wildman–Crippen LogP) is 3.69. The van der Waals surface area contributed by atoms with Gasteiger partial charge in [0.05, 0.1) is 30.1 Å². The Kier molecular flexibility index (Phi) is 8.63. The number of nitrogen functional groups attached to an aromatic ring is 1. The fraction of sp³-hybridized carbons (Fsp3) is 0.320. The van der Waals surface area contributed by atoms with Gasteiger partial charge in [-0.3, -0.25) is 9.69 Å². The molecule has 1 aromatic heterocycles. The molecule has 0 radical (unpaired) electrons. The Labute approximate surface area is 212 Å². The topological polar surface area (TPSA) is 103 Å². The third-order valence-electron chi connectivity index (χ3n) is 5.74. The van der Waals surface area contributed by atoms with Crippen molar-refractivity contribution < 1.29 is 23.0 Å². The number of halogens is 3. The molecule has 1 aliphatic rings. The lowest BCUT2D eigenvalue weighted by Crippen LogP contribution is -2.38. The molecule has 3 aromatic rings. The first-order valence-electron chi connectivity index (χ1n) is 11.5. The summed E-state index contributed by atoms with van der Waals surface area (Å²) in [4.78, 5) is 23.2. The number of carbonyl (C=O) groups excluding carboxylic acids is 1. The number of nitrogens with one attached hydrogen (secondary N) is 1. The van der Waals surface area contributed by atoms with Crippen LogP contribution in [0.2, 0.25) is 5.02 Å². The summed E-state index contributed by atoms with van der Waals surface area (Å²) in [7, 11) is 0. The maximum atomic E-state index is 14.0. The summed E-state index contributed by atoms with van der Waals surface area (Å²) < 4.78 is 38.5. The second-order valence-electron chi connectivity index (χ2n) is 8.20. The summed E-state index contributed by atoms with van der Waals surface area (Å²) in [6.07, 6.45) is 2.32. The number of ether oxygens (including phenoxy) is 2. The zero-order valence-corrected chi connectivity index (χ0v) is 20.2. The van der Waals surface area contributed by atoms with E-state index in [1.165, 1.54) is 6.20 Å². The van der Waals surface area contributed by atoms with Crippen LogP contribution >= 0.6 is 11.6 Å². The summed E-state index contributed by atoms with van der Waals surface area (Å²) in [5, 5.41) is 2.56. The second kappa shape index (κ2) is 12.1. The van der Waals surface area contributed by atoms with E-state index < -0.39 is 11.6 Å². The molecule has 0 unspecified atom stereocenters. The fourth-order valence-corrected chi connectivity index (χ4v) is 3.90. The van der Waals surface area contributed by atoms with E-state index in [1.807, 2.05) is 0 Å². The molecule has 2 heterocycles. The maximum Gasteiger partial charge on any atom is 0.258 e. The van der Waals surface area contributed by atoms with Gasteiger partial charge in [0.15, 0.2) is 5.82 Å². The molecule has 0 atom stereocenters. The van der Waals surface area contributed by atoms with Crippen molar-refractivity contribution in [2.75, 3.05) is 45.1 Å². The van der Waals surface area contributed by atoms with Crippen LogP contribution < -0.4 is 15.8 Å². The SMILES string of the molecule is Nc1ncc(-c2ccc(C(=O)NCCCN3CCOCC3)cc2)nc1OCc1c(F)ccc(F)c1Cl. The average molecular weight is 518 g/mol. The lowest BCUT2D eigenvalue weighted by molar-refractivity contribution is 0.0374. The van der Waals surface area contributed by atoms with E-state index in [-0.39, 0.29) is 34.8 Å². The van der Waals surface area contributed by atoms with Crippen molar-refractivity contribution in [3.05, 3.63) is 70.4 Å². The van der Waals surface area contributed by atoms with E-state index in [9.17, 15) is 13.6 Å². The molecule has 1 aliphatic heterocycles. The van der Waals surface area contributed by atoms with Crippen LogP contribution in [-0.4, -0.2) is 60.2 Å². The molecule has 1 fully saturated rings. The standard InChI is InChI=1S/C25H26ClF2N5O3/c26-22-18(19(27)6-7-20(22)28)15-36-25-23(29)31-14-21(32-25)16-2-4-17(5-3-16)24(34)30-8-1-9-33-10-12-35-13-11-33/h2-7,14H,1,8-13,15H2,(H2,29,31)(H,30,34). The van der Waals surface area contributed by atoms with Crippen molar-refractivity contribution in [1.82, 2.24) is 20.2 Å². The van der Waals surface area contributed by atoms with Crippen molar-refractivity contribution in [2.45, 2.75) is 13.0 Å². The molecule has 0 aliphatic carbocycles. The van der Waals surface area contributed by atoms with Gasteiger partial charge in [-0.25, -0.2) is 18.7 Å². The van der Waals surface area contributed by atoms with E-state index in [1.54, 1.807) is 24.3 Å². The highest BCUT2D eigenvalue weighted by Crippen LogP contribution is 2.27. The molecule has 190 valence electrons. The van der Waals surface area contributed by atoms with E-state index in [4.69, 9.17) is 26.8 Å². The molecule has 0 bridgehead atoms. The minimum absolute atomic E-state index is 0.0141. The zero-order valence-electron chi connectivity index (χ0n) is 19.5. The highest BCUT2D eigenvalue weighted by Gasteiger charge is 2.15. The smallest absolute Gasteiger partial charge is 0.258 e. The quantitative estimate of drug-likeness (QED) is 0.329. The summed E-state index contributed by atoms with van der Waals surface area (Å²) >= 11 is 5.85. The van der Waals surface area contributed by atoms with Gasteiger partial charge in [-0.15, -0.1) is 0 Å². The van der Waals surface area contributed by atoms with Gasteiger partial charge in [-0.1, -0.05) is 23.7 Å². The average Bonchev–Trinajstić information content (AvgIpc) is 2.90. The molecule has 1 saturated heterocycles. The molecule has 3 N–H and O–H groups in total. The molecule has 11 heteroatoms. The van der Waals surface area contributed by atoms with Crippen LogP contribution in [-0.2, 0) is 11.3 Å². The molecular formula is C25H26ClF2N5O3. The Morgan fingerprint density at radius 2 is 1.86 bits per heavy atom. The Morgan fingerprint density at radius 3 is 2.61 bits per heavy atom. The molecule has 36 heavy (non-hydrogen) atoms. The van der Waals surface area contributed by atoms with Gasteiger partial charge in [-0.2, -0.15) is 0 Å². The number of carbonyl (C=O) groups is 1. The number of nitrogens with two attached hydrogens (primary N) is 1. The molecule has 0 spiro atoms. The van der Waals surface area contributed by atoms with Crippen molar-refractivity contribution in [2.24, 2.45) is 0 Å². The first kappa shape index (κ1) is 25.7. The first-order chi connectivity index (χ1) is 17.4. The minimum atomic E-state index is -0.759. The summed E-state index contributed by atoms with van der Waals surface area (Å²) in [5.74, 6) is -1.69. The number of hydrogen-bond acceptors (Lipinski definition) is 7. The summed E-state index contributed by atoms with van der Waals surface area (Å²) in [6.45, 7) is 4.47. The van der Waals surface area contributed by atoms with E-state index in [0.29, 0.717) is 23.4 Å². The number of anilines is 1. The van der Waals surface area contributed by atoms with Crippen molar-refractivity contribution in [3.8, 4) is 17.1 Å². The monoisotopic (exact) mass is 517 g/mol. The predicted molar refractivity (Wildman–Crippen MR) is 132 cm³/mol. The number of amides is 1. The number of rotatable bonds is 9. The van der Waals surface area contributed by atoms with Crippen LogP contribution in [0.5, 0.6) is 5.88 Å². The van der Waals surface area contributed by atoms with Gasteiger partial charge >= 0.3 is 0 Å². The van der Waals surface area contributed by atoms with Crippen molar-refractivity contribution >= 4 is 23.3 Å². The van der Waals surface area contributed by atoms with Crippen LogP contribution in [0.4, 0.5) is 14.6 Å². The molecule has 2 aromatic carbocycles. The van der Waals surface area contributed by atoms with Crippen molar-refractivity contribution in [1.29, 1.82) is 0 Å². The lowest BCUT2D eigenvalue weighted by atomic mass is 10.1. The molecule has 0 saturated carbocycles. The second-order valence-corrected chi connectivity index (χ2v) is 8.57. The van der Waals surface area contributed by atoms with Crippen LogP contribution in [0.25, 0.3) is 11.3 Å². The zero-order chi connectivity index (χ0) is 25.5. The summed E-state index contributed by atoms with van der Waals surface area (Å²) in [6, 6.07) is 8.74. The van der Waals surface area contributed by atoms with Gasteiger partial charge in [0, 0.05) is 36.3 Å². The van der Waals surface area contributed by atoms with Gasteiger partial charge in [0.25, 0.3) is 11.8 Å². The number of hydrogen-bond donors (Lipinski definition) is 2. The fourth-order valence-electron chi connectivity index (χ4n) is 3.69. The van der Waals surface area contributed by atoms with Crippen LogP contribution in [0, 0.1) is 11.6 Å². The normalized spacial score (nSPS) is 14.0. The highest BCUT2D eigenvalue weighted by atomic mass is 35.5. The third-order valence-corrected chi connectivity index (χ3v) is 6.15. The van der Waals surface area contributed by atoms with Crippen LogP contribution in [0.15, 0.2) is 42.6 Å². The van der Waals surface area contributed by atoms with Crippen molar-refractivity contribution in [3.63, 3.8) is 0 Å². The van der Waals surface area contributed by atoms with E-state index in [2.05, 4.69) is 20.2 Å². The summed E-state index contributed by atoms with van der Waals surface area (Å²) in [5.41, 5.74) is 7.32. The Morgan fingerprint density at radius 1 is 1.14 bits per heavy atom. The number of benzene rings is 2. The Hall–Kier alpha value is -3.34. The first-order valence-corrected chi connectivity index (χ1v) is 11.9. The number of aromatic nitrogens is 2. The van der Waals surface area contributed by atoms with E-state index >= 15 is 0 Å². The van der Waals surface area contributed by atoms with Gasteiger partial charge in [0.1, 0.15) is 18.2 Å². The van der Waals surface area contributed by atoms with Gasteiger partial charge < -0.3 is 20.5 Å². The van der Waals surface area contributed by atoms with Gasteiger partial charge in [0.2, 0.25) is 0 Å². The lowest BCUT2D eigenvalue weighted by Gasteiger charge is -2.26. The number of nitrogens with zero attached hydrogens (tertiary/aromatic N) is 3. The molecular weight excluding hydrogens is 492 g/mol. The molecule has 4 rings (SSSR count).